The predicted molar refractivity (Wildman–Crippen MR) is 51.0 cm³/mol. The van der Waals surface area contributed by atoms with E-state index < -0.39 is 0 Å². The van der Waals surface area contributed by atoms with E-state index in [9.17, 15) is 0 Å². The van der Waals surface area contributed by atoms with Gasteiger partial charge in [-0.2, -0.15) is 12.6 Å². The molecule has 4 heteroatoms. The number of hydrogen-bond donors (Lipinski definition) is 3. The molecule has 0 aliphatic rings. The third-order valence-electron chi connectivity index (χ3n) is 1.21. The van der Waals surface area contributed by atoms with Crippen molar-refractivity contribution in [3.8, 4) is 17.6 Å². The predicted octanol–water partition coefficient (Wildman–Crippen LogP) is 0.651. The monoisotopic (exact) mass is 180 g/mol. The van der Waals surface area contributed by atoms with E-state index in [2.05, 4.69) is 29.5 Å². The highest BCUT2D eigenvalue weighted by atomic mass is 32.1. The van der Waals surface area contributed by atoms with Gasteiger partial charge in [-0.05, 0) is 0 Å². The van der Waals surface area contributed by atoms with Crippen LogP contribution in [0, 0.1) is 11.8 Å². The van der Waals surface area contributed by atoms with Crippen molar-refractivity contribution in [2.45, 2.75) is 0 Å². The minimum atomic E-state index is -0.0408. The van der Waals surface area contributed by atoms with E-state index in [1.165, 1.54) is 12.3 Å². The maximum Gasteiger partial charge on any atom is 0.165 e. The molecular weight excluding hydrogens is 172 g/mol. The summed E-state index contributed by atoms with van der Waals surface area (Å²) in [6, 6.07) is 1.47. The summed E-state index contributed by atoms with van der Waals surface area (Å²) < 4.78 is 0. The van der Waals surface area contributed by atoms with Gasteiger partial charge in [0.25, 0.3) is 0 Å². The van der Waals surface area contributed by atoms with E-state index in [1.54, 1.807) is 0 Å². The lowest BCUT2D eigenvalue weighted by Gasteiger charge is -1.95. The smallest absolute Gasteiger partial charge is 0.165 e. The zero-order chi connectivity index (χ0) is 8.97. The third-order valence-corrected chi connectivity index (χ3v) is 1.37. The fraction of sp³-hybridized carbons (Fsp3) is 0.125. The number of aromatic hydroxyl groups is 1. The maximum atomic E-state index is 9.13. The van der Waals surface area contributed by atoms with Crippen LogP contribution in [-0.4, -0.2) is 15.8 Å². The molecule has 0 atom stereocenters. The van der Waals surface area contributed by atoms with Gasteiger partial charge < -0.3 is 10.8 Å². The molecule has 1 aromatic rings. The Morgan fingerprint density at radius 1 is 1.67 bits per heavy atom. The summed E-state index contributed by atoms with van der Waals surface area (Å²) in [7, 11) is 0. The van der Waals surface area contributed by atoms with Crippen molar-refractivity contribution in [3.63, 3.8) is 0 Å². The topological polar surface area (TPSA) is 59.1 Å². The Morgan fingerprint density at radius 2 is 2.42 bits per heavy atom. The Hall–Kier alpha value is -1.34. The number of thiol groups is 1. The van der Waals surface area contributed by atoms with E-state index in [1.807, 2.05) is 0 Å². The van der Waals surface area contributed by atoms with Crippen LogP contribution >= 0.6 is 12.6 Å². The van der Waals surface area contributed by atoms with Gasteiger partial charge in [-0.3, -0.25) is 0 Å². The molecule has 12 heavy (non-hydrogen) atoms. The summed E-state index contributed by atoms with van der Waals surface area (Å²) in [5.41, 5.74) is 5.93. The van der Waals surface area contributed by atoms with Crippen LogP contribution in [0.1, 0.15) is 5.56 Å². The Labute approximate surface area is 76.0 Å². The van der Waals surface area contributed by atoms with Crippen molar-refractivity contribution in [1.29, 1.82) is 0 Å². The van der Waals surface area contributed by atoms with Gasteiger partial charge in [0.15, 0.2) is 11.6 Å². The van der Waals surface area contributed by atoms with Crippen molar-refractivity contribution in [2.24, 2.45) is 0 Å². The van der Waals surface area contributed by atoms with Gasteiger partial charge in [-0.25, -0.2) is 4.98 Å². The Bertz CT molecular complexity index is 341. The Kier molecular flexibility index (Phi) is 2.83. The summed E-state index contributed by atoms with van der Waals surface area (Å²) in [6.45, 7) is 0. The van der Waals surface area contributed by atoms with E-state index in [-0.39, 0.29) is 11.6 Å². The van der Waals surface area contributed by atoms with Crippen LogP contribution in [0.4, 0.5) is 5.82 Å². The normalized spacial score (nSPS) is 8.75. The lowest BCUT2D eigenvalue weighted by atomic mass is 10.3. The van der Waals surface area contributed by atoms with Crippen LogP contribution in [0.15, 0.2) is 12.3 Å². The average molecular weight is 180 g/mol. The Morgan fingerprint density at radius 3 is 3.00 bits per heavy atom. The molecule has 0 fully saturated rings. The molecule has 0 saturated heterocycles. The molecule has 3 nitrogen and oxygen atoms in total. The lowest BCUT2D eigenvalue weighted by molar-refractivity contribution is 0.475. The molecule has 0 aliphatic carbocycles. The van der Waals surface area contributed by atoms with Crippen molar-refractivity contribution >= 4 is 18.4 Å². The van der Waals surface area contributed by atoms with E-state index >= 15 is 0 Å². The number of hydrogen-bond acceptors (Lipinski definition) is 4. The van der Waals surface area contributed by atoms with Gasteiger partial charge in [0.2, 0.25) is 0 Å². The van der Waals surface area contributed by atoms with Crippen molar-refractivity contribution < 1.29 is 5.11 Å². The highest BCUT2D eigenvalue weighted by molar-refractivity contribution is 7.80. The number of nitrogens with zero attached hydrogens (tertiary/aromatic N) is 1. The van der Waals surface area contributed by atoms with Gasteiger partial charge in [0.1, 0.15) is 0 Å². The van der Waals surface area contributed by atoms with Crippen molar-refractivity contribution in [2.75, 3.05) is 11.5 Å². The second kappa shape index (κ2) is 3.88. The zero-order valence-electron chi connectivity index (χ0n) is 6.28. The first kappa shape index (κ1) is 8.75. The van der Waals surface area contributed by atoms with Crippen LogP contribution in [0.2, 0.25) is 0 Å². The number of nitrogen functional groups attached to an aromatic ring is 1. The summed E-state index contributed by atoms with van der Waals surface area (Å²) in [4.78, 5) is 3.73. The van der Waals surface area contributed by atoms with E-state index in [0.717, 1.165) is 0 Å². The van der Waals surface area contributed by atoms with Gasteiger partial charge in [0, 0.05) is 17.8 Å². The molecule has 0 aliphatic heterocycles. The van der Waals surface area contributed by atoms with Crippen LogP contribution in [0.5, 0.6) is 5.75 Å². The van der Waals surface area contributed by atoms with Crippen LogP contribution in [0.25, 0.3) is 0 Å². The molecule has 0 unspecified atom stereocenters. The minimum Gasteiger partial charge on any atom is -0.504 e. The molecule has 0 aromatic carbocycles. The number of aromatic nitrogens is 1. The Balaban J connectivity index is 2.97. The van der Waals surface area contributed by atoms with Crippen LogP contribution < -0.4 is 5.73 Å². The molecule has 0 radical (unpaired) electrons. The molecule has 0 spiro atoms. The number of anilines is 1. The van der Waals surface area contributed by atoms with Gasteiger partial charge in [-0.1, -0.05) is 11.8 Å². The first-order chi connectivity index (χ1) is 5.74. The van der Waals surface area contributed by atoms with Crippen molar-refractivity contribution in [1.82, 2.24) is 4.98 Å². The molecular formula is C8H8N2OS. The summed E-state index contributed by atoms with van der Waals surface area (Å²) in [6.07, 6.45) is 1.51. The van der Waals surface area contributed by atoms with E-state index in [4.69, 9.17) is 10.8 Å². The van der Waals surface area contributed by atoms with Crippen molar-refractivity contribution in [3.05, 3.63) is 17.8 Å². The zero-order valence-corrected chi connectivity index (χ0v) is 7.18. The summed E-state index contributed by atoms with van der Waals surface area (Å²) in [5.74, 6) is 6.05. The highest BCUT2D eigenvalue weighted by Gasteiger charge is 1.96. The SMILES string of the molecule is Nc1ncc(C#CCS)cc1O. The fourth-order valence-electron chi connectivity index (χ4n) is 0.674. The number of rotatable bonds is 0. The highest BCUT2D eigenvalue weighted by Crippen LogP contribution is 2.16. The van der Waals surface area contributed by atoms with Gasteiger partial charge in [0.05, 0.1) is 5.75 Å². The number of pyridine rings is 1. The minimum absolute atomic E-state index is 0.0408. The molecule has 1 rings (SSSR count). The second-order valence-corrected chi connectivity index (χ2v) is 2.40. The van der Waals surface area contributed by atoms with Gasteiger partial charge in [-0.15, -0.1) is 0 Å². The molecule has 0 saturated carbocycles. The molecule has 0 bridgehead atoms. The molecule has 3 N–H and O–H groups in total. The van der Waals surface area contributed by atoms with E-state index in [0.29, 0.717) is 11.3 Å². The lowest BCUT2D eigenvalue weighted by Crippen LogP contribution is -1.90. The summed E-state index contributed by atoms with van der Waals surface area (Å²) in [5, 5.41) is 9.13. The fourth-order valence-corrected chi connectivity index (χ4v) is 0.753. The second-order valence-electron chi connectivity index (χ2n) is 2.09. The largest absolute Gasteiger partial charge is 0.504 e. The summed E-state index contributed by atoms with van der Waals surface area (Å²) >= 11 is 3.92. The quantitative estimate of drug-likeness (QED) is 0.406. The van der Waals surface area contributed by atoms with Crippen LogP contribution in [-0.2, 0) is 0 Å². The molecule has 62 valence electrons. The molecule has 1 aromatic heterocycles. The third kappa shape index (κ3) is 2.07. The molecule has 0 amide bonds. The molecule has 1 heterocycles. The first-order valence-corrected chi connectivity index (χ1v) is 3.91. The average Bonchev–Trinajstić information content (AvgIpc) is 2.07. The van der Waals surface area contributed by atoms with Gasteiger partial charge >= 0.3 is 0 Å². The number of nitrogens with two attached hydrogens (primary N) is 1. The standard InChI is InChI=1S/C8H8N2OS/c9-8-7(11)4-6(5-10-8)2-1-3-12/h4-5,11-12H,3H2,(H2,9,10). The maximum absolute atomic E-state index is 9.13. The first-order valence-electron chi connectivity index (χ1n) is 3.28. The van der Waals surface area contributed by atoms with Crippen LogP contribution in [0.3, 0.4) is 0 Å².